The van der Waals surface area contributed by atoms with Crippen molar-refractivity contribution in [3.8, 4) is 11.3 Å². The molecule has 168 valence electrons. The van der Waals surface area contributed by atoms with E-state index in [4.69, 9.17) is 5.10 Å². The van der Waals surface area contributed by atoms with E-state index in [-0.39, 0.29) is 0 Å². The molecule has 5 heteroatoms. The Bertz CT molecular complexity index is 1460. The van der Waals surface area contributed by atoms with E-state index in [2.05, 4.69) is 35.3 Å². The van der Waals surface area contributed by atoms with E-state index < -0.39 is 11.9 Å². The van der Waals surface area contributed by atoms with Gasteiger partial charge < -0.3 is 5.11 Å². The lowest BCUT2D eigenvalue weighted by Crippen LogP contribution is -2.17. The van der Waals surface area contributed by atoms with E-state index in [0.717, 1.165) is 39.0 Å². The molecule has 0 amide bonds. The van der Waals surface area contributed by atoms with Crippen LogP contribution in [0.2, 0.25) is 0 Å². The molecular formula is C29H25N3O2. The van der Waals surface area contributed by atoms with Gasteiger partial charge in [-0.2, -0.15) is 5.10 Å². The number of carboxylic acid groups (broad SMARTS) is 1. The van der Waals surface area contributed by atoms with Gasteiger partial charge in [0.2, 0.25) is 0 Å². The van der Waals surface area contributed by atoms with E-state index in [1.54, 1.807) is 12.4 Å². The maximum Gasteiger partial charge on any atom is 0.311 e. The molecule has 2 heterocycles. The van der Waals surface area contributed by atoms with Gasteiger partial charge in [0.05, 0.1) is 18.2 Å². The minimum atomic E-state index is -0.838. The van der Waals surface area contributed by atoms with Gasteiger partial charge in [-0.3, -0.25) is 14.5 Å². The van der Waals surface area contributed by atoms with Crippen LogP contribution in [0.25, 0.3) is 22.0 Å². The lowest BCUT2D eigenvalue weighted by Gasteiger charge is -2.15. The Labute approximate surface area is 198 Å². The van der Waals surface area contributed by atoms with Gasteiger partial charge >= 0.3 is 5.97 Å². The minimum absolute atomic E-state index is 0.352. The summed E-state index contributed by atoms with van der Waals surface area (Å²) in [5, 5.41) is 17.3. The molecule has 0 spiro atoms. The number of nitrogens with zero attached hydrogens (tertiary/aromatic N) is 3. The summed E-state index contributed by atoms with van der Waals surface area (Å²) >= 11 is 0. The minimum Gasteiger partial charge on any atom is -0.481 e. The van der Waals surface area contributed by atoms with Crippen LogP contribution in [0.15, 0.2) is 97.3 Å². The van der Waals surface area contributed by atoms with Gasteiger partial charge in [0.1, 0.15) is 0 Å². The molecule has 0 saturated carbocycles. The highest BCUT2D eigenvalue weighted by atomic mass is 16.4. The SMILES string of the molecule is Cc1cccc(C(Cc2cc(-c3ccc4ccccc4c3)nn2Cc2ccncc2)C(=O)O)c1. The van der Waals surface area contributed by atoms with E-state index in [1.807, 2.05) is 66.2 Å². The van der Waals surface area contributed by atoms with Crippen LogP contribution >= 0.6 is 0 Å². The van der Waals surface area contributed by atoms with E-state index in [0.29, 0.717) is 13.0 Å². The number of rotatable bonds is 7. The lowest BCUT2D eigenvalue weighted by atomic mass is 9.93. The largest absolute Gasteiger partial charge is 0.481 e. The van der Waals surface area contributed by atoms with Gasteiger partial charge in [0, 0.05) is 30.1 Å². The first-order chi connectivity index (χ1) is 16.6. The average molecular weight is 448 g/mol. The number of hydrogen-bond acceptors (Lipinski definition) is 3. The van der Waals surface area contributed by atoms with Crippen LogP contribution in [-0.4, -0.2) is 25.8 Å². The molecule has 0 bridgehead atoms. The Balaban J connectivity index is 1.56. The molecule has 1 unspecified atom stereocenters. The summed E-state index contributed by atoms with van der Waals surface area (Å²) in [6, 6.07) is 28.2. The van der Waals surface area contributed by atoms with Gasteiger partial charge in [0.15, 0.2) is 0 Å². The normalized spacial score (nSPS) is 12.0. The quantitative estimate of drug-likeness (QED) is 0.339. The number of benzene rings is 3. The second-order valence-corrected chi connectivity index (χ2v) is 8.61. The molecule has 0 fully saturated rings. The summed E-state index contributed by atoms with van der Waals surface area (Å²) in [6.45, 7) is 2.53. The average Bonchev–Trinajstić information content (AvgIpc) is 3.25. The fraction of sp³-hybridized carbons (Fsp3) is 0.138. The highest BCUT2D eigenvalue weighted by Gasteiger charge is 2.23. The van der Waals surface area contributed by atoms with Crippen molar-refractivity contribution >= 4 is 16.7 Å². The van der Waals surface area contributed by atoms with E-state index in [9.17, 15) is 9.90 Å². The third-order valence-electron chi connectivity index (χ3n) is 6.15. The zero-order chi connectivity index (χ0) is 23.5. The summed E-state index contributed by atoms with van der Waals surface area (Å²) in [6.07, 6.45) is 3.87. The molecule has 34 heavy (non-hydrogen) atoms. The third kappa shape index (κ3) is 4.59. The maximum absolute atomic E-state index is 12.3. The van der Waals surface area contributed by atoms with Crippen LogP contribution in [0, 0.1) is 6.92 Å². The zero-order valence-electron chi connectivity index (χ0n) is 18.9. The lowest BCUT2D eigenvalue weighted by molar-refractivity contribution is -0.138. The van der Waals surface area contributed by atoms with Crippen molar-refractivity contribution in [1.82, 2.24) is 14.8 Å². The first-order valence-electron chi connectivity index (χ1n) is 11.3. The molecular weight excluding hydrogens is 422 g/mol. The molecule has 0 aliphatic heterocycles. The Morgan fingerprint density at radius 3 is 2.47 bits per heavy atom. The molecule has 2 aromatic heterocycles. The van der Waals surface area contributed by atoms with Crippen LogP contribution in [0.5, 0.6) is 0 Å². The van der Waals surface area contributed by atoms with E-state index in [1.165, 1.54) is 5.39 Å². The van der Waals surface area contributed by atoms with Crippen molar-refractivity contribution in [3.63, 3.8) is 0 Å². The van der Waals surface area contributed by atoms with Crippen LogP contribution in [0.1, 0.15) is 28.3 Å². The van der Waals surface area contributed by atoms with E-state index >= 15 is 0 Å². The number of fused-ring (bicyclic) bond motifs is 1. The monoisotopic (exact) mass is 447 g/mol. The van der Waals surface area contributed by atoms with Crippen molar-refractivity contribution in [2.24, 2.45) is 0 Å². The van der Waals surface area contributed by atoms with Crippen LogP contribution in [-0.2, 0) is 17.8 Å². The van der Waals surface area contributed by atoms with Crippen LogP contribution in [0.3, 0.4) is 0 Å². The van der Waals surface area contributed by atoms with Crippen molar-refractivity contribution in [1.29, 1.82) is 0 Å². The smallest absolute Gasteiger partial charge is 0.311 e. The summed E-state index contributed by atoms with van der Waals surface area (Å²) in [7, 11) is 0. The number of aryl methyl sites for hydroxylation is 1. The van der Waals surface area contributed by atoms with Gasteiger partial charge in [-0.1, -0.05) is 66.2 Å². The predicted octanol–water partition coefficient (Wildman–Crippen LogP) is 5.87. The molecule has 0 saturated heterocycles. The second-order valence-electron chi connectivity index (χ2n) is 8.61. The maximum atomic E-state index is 12.3. The van der Waals surface area contributed by atoms with Crippen molar-refractivity contribution in [2.45, 2.75) is 25.8 Å². The van der Waals surface area contributed by atoms with Crippen LogP contribution < -0.4 is 0 Å². The number of carbonyl (C=O) groups is 1. The fourth-order valence-corrected chi connectivity index (χ4v) is 4.35. The Morgan fingerprint density at radius 2 is 1.71 bits per heavy atom. The summed E-state index contributed by atoms with van der Waals surface area (Å²) in [4.78, 5) is 16.4. The van der Waals surface area contributed by atoms with Crippen molar-refractivity contribution in [3.05, 3.63) is 120 Å². The highest BCUT2D eigenvalue weighted by molar-refractivity contribution is 5.86. The molecule has 1 N–H and O–H groups in total. The number of carboxylic acids is 1. The fourth-order valence-electron chi connectivity index (χ4n) is 4.35. The number of aromatic nitrogens is 3. The standard InChI is InChI=1S/C29H25N3O2/c1-20-5-4-8-24(15-20)27(29(33)34)17-26-18-28(31-32(26)19-21-11-13-30-14-12-21)25-10-9-22-6-2-3-7-23(22)16-25/h2-16,18,27H,17,19H2,1H3,(H,33,34). The third-order valence-corrected chi connectivity index (χ3v) is 6.15. The Hall–Kier alpha value is -4.25. The second kappa shape index (κ2) is 9.32. The Kier molecular flexibility index (Phi) is 5.91. The van der Waals surface area contributed by atoms with Crippen molar-refractivity contribution in [2.75, 3.05) is 0 Å². The van der Waals surface area contributed by atoms with Gasteiger partial charge in [-0.05, 0) is 53.1 Å². The molecule has 5 aromatic rings. The highest BCUT2D eigenvalue weighted by Crippen LogP contribution is 2.28. The molecule has 0 aliphatic carbocycles. The molecule has 1 atom stereocenters. The molecule has 0 aliphatic rings. The predicted molar refractivity (Wildman–Crippen MR) is 134 cm³/mol. The first-order valence-corrected chi connectivity index (χ1v) is 11.3. The summed E-state index contributed by atoms with van der Waals surface area (Å²) in [5.74, 6) is -1.49. The zero-order valence-corrected chi connectivity index (χ0v) is 18.9. The molecule has 5 nitrogen and oxygen atoms in total. The van der Waals surface area contributed by atoms with Crippen LogP contribution in [0.4, 0.5) is 0 Å². The van der Waals surface area contributed by atoms with Gasteiger partial charge in [-0.15, -0.1) is 0 Å². The first kappa shape index (κ1) is 21.6. The summed E-state index contributed by atoms with van der Waals surface area (Å²) < 4.78 is 1.92. The molecule has 3 aromatic carbocycles. The summed E-state index contributed by atoms with van der Waals surface area (Å²) in [5.41, 5.74) is 5.64. The topological polar surface area (TPSA) is 68.0 Å². The van der Waals surface area contributed by atoms with Crippen molar-refractivity contribution < 1.29 is 9.90 Å². The molecule has 5 rings (SSSR count). The number of hydrogen-bond donors (Lipinski definition) is 1. The Morgan fingerprint density at radius 1 is 0.912 bits per heavy atom. The number of aliphatic carboxylic acids is 1. The van der Waals surface area contributed by atoms with Gasteiger partial charge in [0.25, 0.3) is 0 Å². The van der Waals surface area contributed by atoms with Gasteiger partial charge in [-0.25, -0.2) is 0 Å². The molecule has 0 radical (unpaired) electrons. The number of pyridine rings is 1.